The zero-order valence-corrected chi connectivity index (χ0v) is 25.0. The number of fused-ring (bicyclic) bond motifs is 1. The third-order valence-corrected chi connectivity index (χ3v) is 7.98. The lowest BCUT2D eigenvalue weighted by atomic mass is 9.97. The van der Waals surface area contributed by atoms with E-state index < -0.39 is 47.2 Å². The van der Waals surface area contributed by atoms with Crippen molar-refractivity contribution < 1.29 is 27.9 Å². The van der Waals surface area contributed by atoms with Gasteiger partial charge in [-0.2, -0.15) is 18.3 Å². The standard InChI is InChI=1S/C26H27BrClF3N6O4/c1-11(2)20(38)22-33-17-10-36(24(40)13-6-7-16(27)15(9-13)26(29,30)31)12(3)8-14(17)25(41)37(22)21-18(28)19(23(39)32-4)35(5)34-21/h6-7,9,11-12,20,38H,8,10H2,1-5H3,(H,32,39)/t12-,20-/m1/s1. The number of aryl methyl sites for hydroxylation is 1. The van der Waals surface area contributed by atoms with Gasteiger partial charge in [0.25, 0.3) is 17.4 Å². The van der Waals surface area contributed by atoms with Gasteiger partial charge in [-0.25, -0.2) is 9.55 Å². The maximum absolute atomic E-state index is 13.9. The number of halogens is 5. The van der Waals surface area contributed by atoms with Gasteiger partial charge in [0.1, 0.15) is 22.6 Å². The molecule has 0 saturated carbocycles. The molecule has 1 aliphatic rings. The van der Waals surface area contributed by atoms with Crippen LogP contribution in [0.1, 0.15) is 70.4 Å². The molecule has 2 N–H and O–H groups in total. The molecule has 1 aromatic carbocycles. The van der Waals surface area contributed by atoms with E-state index in [2.05, 4.69) is 31.3 Å². The van der Waals surface area contributed by atoms with Crippen molar-refractivity contribution in [3.63, 3.8) is 0 Å². The summed E-state index contributed by atoms with van der Waals surface area (Å²) in [5, 5.41) is 17.7. The molecular weight excluding hydrogens is 633 g/mol. The van der Waals surface area contributed by atoms with Crippen molar-refractivity contribution >= 4 is 39.3 Å². The fourth-order valence-electron chi connectivity index (χ4n) is 4.68. The van der Waals surface area contributed by atoms with Crippen LogP contribution in [0, 0.1) is 5.92 Å². The Morgan fingerprint density at radius 2 is 1.93 bits per heavy atom. The van der Waals surface area contributed by atoms with Crippen LogP contribution in [0.5, 0.6) is 0 Å². The molecule has 0 radical (unpaired) electrons. The molecule has 0 fully saturated rings. The van der Waals surface area contributed by atoms with E-state index in [4.69, 9.17) is 11.6 Å². The monoisotopic (exact) mass is 658 g/mol. The van der Waals surface area contributed by atoms with Gasteiger partial charge < -0.3 is 15.3 Å². The number of hydrogen-bond donors (Lipinski definition) is 2. The van der Waals surface area contributed by atoms with E-state index in [1.54, 1.807) is 20.8 Å². The maximum atomic E-state index is 13.9. The van der Waals surface area contributed by atoms with Crippen molar-refractivity contribution in [3.8, 4) is 5.82 Å². The number of aliphatic hydroxyl groups is 1. The Kier molecular flexibility index (Phi) is 8.40. The third-order valence-electron chi connectivity index (χ3n) is 6.94. The highest BCUT2D eigenvalue weighted by molar-refractivity contribution is 9.10. The summed E-state index contributed by atoms with van der Waals surface area (Å²) in [6, 6.07) is 2.64. The van der Waals surface area contributed by atoms with Crippen LogP contribution in [0.15, 0.2) is 27.5 Å². The number of aromatic nitrogens is 4. The molecule has 2 aromatic heterocycles. The van der Waals surface area contributed by atoms with Crippen LogP contribution in [0.2, 0.25) is 5.02 Å². The molecule has 15 heteroatoms. The summed E-state index contributed by atoms with van der Waals surface area (Å²) in [4.78, 5) is 45.6. The van der Waals surface area contributed by atoms with Crippen LogP contribution in [0.4, 0.5) is 13.2 Å². The first-order valence-electron chi connectivity index (χ1n) is 12.5. The van der Waals surface area contributed by atoms with E-state index in [1.165, 1.54) is 29.7 Å². The average Bonchev–Trinajstić information content (AvgIpc) is 3.19. The van der Waals surface area contributed by atoms with Gasteiger partial charge in [0.2, 0.25) is 0 Å². The topological polar surface area (TPSA) is 122 Å². The van der Waals surface area contributed by atoms with Gasteiger partial charge in [-0.05, 0) is 37.5 Å². The summed E-state index contributed by atoms with van der Waals surface area (Å²) in [7, 11) is 2.89. The summed E-state index contributed by atoms with van der Waals surface area (Å²) in [5.74, 6) is -1.80. The summed E-state index contributed by atoms with van der Waals surface area (Å²) in [5.41, 5.74) is -1.32. The largest absolute Gasteiger partial charge is 0.417 e. The lowest BCUT2D eigenvalue weighted by Gasteiger charge is -2.35. The number of nitrogens with one attached hydrogen (secondary N) is 1. The van der Waals surface area contributed by atoms with Crippen molar-refractivity contribution in [2.75, 3.05) is 7.05 Å². The first kappa shape index (κ1) is 30.7. The van der Waals surface area contributed by atoms with Crippen LogP contribution < -0.4 is 10.9 Å². The number of alkyl halides is 3. The van der Waals surface area contributed by atoms with E-state index in [9.17, 15) is 32.7 Å². The minimum absolute atomic E-state index is 0.00311. The summed E-state index contributed by atoms with van der Waals surface area (Å²) in [6.07, 6.45) is -5.91. The number of rotatable bonds is 5. The molecule has 2 atom stereocenters. The average molecular weight is 660 g/mol. The Morgan fingerprint density at radius 1 is 1.27 bits per heavy atom. The Hall–Kier alpha value is -3.23. The van der Waals surface area contributed by atoms with Gasteiger partial charge in [-0.1, -0.05) is 41.4 Å². The lowest BCUT2D eigenvalue weighted by molar-refractivity contribution is -0.138. The van der Waals surface area contributed by atoms with Crippen LogP contribution in [-0.4, -0.2) is 54.2 Å². The molecule has 10 nitrogen and oxygen atoms in total. The van der Waals surface area contributed by atoms with Gasteiger partial charge in [0.15, 0.2) is 5.82 Å². The number of nitrogens with zero attached hydrogens (tertiary/aromatic N) is 5. The lowest BCUT2D eigenvalue weighted by Crippen LogP contribution is -2.46. The van der Waals surface area contributed by atoms with Gasteiger partial charge in [-0.15, -0.1) is 0 Å². The molecule has 0 unspecified atom stereocenters. The van der Waals surface area contributed by atoms with E-state index in [1.807, 2.05) is 0 Å². The number of aliphatic hydroxyl groups excluding tert-OH is 1. The van der Waals surface area contributed by atoms with Crippen LogP contribution in [-0.2, 0) is 26.2 Å². The zero-order chi connectivity index (χ0) is 30.5. The molecule has 2 amide bonds. The fraction of sp³-hybridized carbons (Fsp3) is 0.423. The molecule has 1 aliphatic heterocycles. The Labute approximate surface area is 246 Å². The van der Waals surface area contributed by atoms with Crippen LogP contribution >= 0.6 is 27.5 Å². The van der Waals surface area contributed by atoms with Crippen molar-refractivity contribution in [1.82, 2.24) is 29.5 Å². The van der Waals surface area contributed by atoms with Gasteiger partial charge >= 0.3 is 6.18 Å². The predicted molar refractivity (Wildman–Crippen MR) is 147 cm³/mol. The maximum Gasteiger partial charge on any atom is 0.417 e. The minimum Gasteiger partial charge on any atom is -0.385 e. The zero-order valence-electron chi connectivity index (χ0n) is 22.7. The molecule has 0 saturated heterocycles. The number of carbonyl (C=O) groups is 2. The quantitative estimate of drug-likeness (QED) is 0.427. The van der Waals surface area contributed by atoms with Crippen molar-refractivity contribution in [2.45, 2.75) is 52.1 Å². The molecule has 3 aromatic rings. The van der Waals surface area contributed by atoms with E-state index in [0.29, 0.717) is 0 Å². The van der Waals surface area contributed by atoms with Crippen molar-refractivity contribution in [1.29, 1.82) is 0 Å². The van der Waals surface area contributed by atoms with Gasteiger partial charge in [-0.3, -0.25) is 19.1 Å². The van der Waals surface area contributed by atoms with E-state index >= 15 is 0 Å². The number of benzene rings is 1. The van der Waals surface area contributed by atoms with Crippen molar-refractivity contribution in [2.24, 2.45) is 13.0 Å². The molecule has 0 spiro atoms. The minimum atomic E-state index is -4.67. The Morgan fingerprint density at radius 3 is 2.51 bits per heavy atom. The van der Waals surface area contributed by atoms with E-state index in [0.717, 1.165) is 16.7 Å². The number of hydrogen-bond acceptors (Lipinski definition) is 6. The first-order chi connectivity index (χ1) is 19.1. The molecule has 0 aliphatic carbocycles. The molecular formula is C26H27BrClF3N6O4. The van der Waals surface area contributed by atoms with Crippen molar-refractivity contribution in [3.05, 3.63) is 72.0 Å². The predicted octanol–water partition coefficient (Wildman–Crippen LogP) is 4.04. The third kappa shape index (κ3) is 5.52. The summed E-state index contributed by atoms with van der Waals surface area (Å²) in [6.45, 7) is 4.91. The summed E-state index contributed by atoms with van der Waals surface area (Å²) < 4.78 is 42.5. The SMILES string of the molecule is CNC(=O)c1c(Cl)c(-n2c([C@H](O)C(C)C)nc3c(c2=O)C[C@@H](C)N(C(=O)c2ccc(Br)c(C(F)(F)F)c2)C3)nn1C. The Balaban J connectivity index is 1.85. The number of amides is 2. The van der Waals surface area contributed by atoms with Gasteiger partial charge in [0.05, 0.1) is 17.8 Å². The summed E-state index contributed by atoms with van der Waals surface area (Å²) >= 11 is 9.40. The highest BCUT2D eigenvalue weighted by Gasteiger charge is 2.37. The van der Waals surface area contributed by atoms with Crippen LogP contribution in [0.25, 0.3) is 5.82 Å². The fourth-order valence-corrected chi connectivity index (χ4v) is 5.49. The smallest absolute Gasteiger partial charge is 0.385 e. The second kappa shape index (κ2) is 11.2. The normalized spacial score (nSPS) is 16.1. The molecule has 3 heterocycles. The second-order valence-electron chi connectivity index (χ2n) is 10.1. The molecule has 0 bridgehead atoms. The molecule has 220 valence electrons. The molecule has 4 rings (SSSR count). The molecule has 41 heavy (non-hydrogen) atoms. The van der Waals surface area contributed by atoms with Crippen LogP contribution in [0.3, 0.4) is 0 Å². The highest BCUT2D eigenvalue weighted by atomic mass is 79.9. The van der Waals surface area contributed by atoms with Gasteiger partial charge in [0, 0.05) is 35.7 Å². The highest BCUT2D eigenvalue weighted by Crippen LogP contribution is 2.36. The number of carbonyl (C=O) groups excluding carboxylic acids is 2. The second-order valence-corrected chi connectivity index (χ2v) is 11.3. The Bertz CT molecular complexity index is 1600. The first-order valence-corrected chi connectivity index (χ1v) is 13.7. The van der Waals surface area contributed by atoms with E-state index in [-0.39, 0.29) is 56.6 Å².